The Balaban J connectivity index is 2.32. The third-order valence-corrected chi connectivity index (χ3v) is 2.73. The Morgan fingerprint density at radius 3 is 2.53 bits per heavy atom. The number of nitrogens with zero attached hydrogens (tertiary/aromatic N) is 1. The summed E-state index contributed by atoms with van der Waals surface area (Å²) in [6.45, 7) is 1.18. The number of β-amino-alcohol motifs (C(OH)–C–C–N with tert-alkyl or cyclic N) is 1. The Morgan fingerprint density at radius 2 is 1.88 bits per heavy atom. The average molecular weight is 235 g/mol. The van der Waals surface area contributed by atoms with E-state index in [1.54, 1.807) is 18.2 Å². The van der Waals surface area contributed by atoms with Gasteiger partial charge in [0, 0.05) is 0 Å². The van der Waals surface area contributed by atoms with Crippen LogP contribution in [0.4, 0.5) is 0 Å². The molecule has 0 aromatic heterocycles. The van der Waals surface area contributed by atoms with Crippen LogP contribution >= 0.6 is 0 Å². The molecule has 90 valence electrons. The molecule has 0 spiro atoms. The number of imide groups is 1. The van der Waals surface area contributed by atoms with Gasteiger partial charge in [-0.2, -0.15) is 0 Å². The van der Waals surface area contributed by atoms with E-state index in [0.717, 1.165) is 10.5 Å². The highest BCUT2D eigenvalue weighted by Gasteiger charge is 2.36. The number of aryl methyl sites for hydroxylation is 1. The summed E-state index contributed by atoms with van der Waals surface area (Å²) in [5.41, 5.74) is 1.61. The number of carbonyl (C=O) groups is 2. The lowest BCUT2D eigenvalue weighted by Crippen LogP contribution is -2.38. The summed E-state index contributed by atoms with van der Waals surface area (Å²) in [5, 5.41) is 18.0. The van der Waals surface area contributed by atoms with Crippen molar-refractivity contribution >= 4 is 11.8 Å². The van der Waals surface area contributed by atoms with E-state index in [0.29, 0.717) is 11.1 Å². The first-order valence-electron chi connectivity index (χ1n) is 5.30. The average Bonchev–Trinajstić information content (AvgIpc) is 2.54. The molecule has 0 bridgehead atoms. The summed E-state index contributed by atoms with van der Waals surface area (Å²) < 4.78 is 0. The van der Waals surface area contributed by atoms with Crippen LogP contribution in [0.25, 0.3) is 0 Å². The number of rotatable bonds is 3. The predicted molar refractivity (Wildman–Crippen MR) is 59.6 cm³/mol. The van der Waals surface area contributed by atoms with Gasteiger partial charge in [-0.1, -0.05) is 11.6 Å². The van der Waals surface area contributed by atoms with Crippen LogP contribution in [0.5, 0.6) is 0 Å². The molecule has 1 aromatic rings. The van der Waals surface area contributed by atoms with Gasteiger partial charge >= 0.3 is 0 Å². The van der Waals surface area contributed by atoms with Crippen molar-refractivity contribution in [2.45, 2.75) is 13.0 Å². The van der Waals surface area contributed by atoms with Gasteiger partial charge in [0.1, 0.15) is 0 Å². The molecule has 1 heterocycles. The molecule has 1 unspecified atom stereocenters. The van der Waals surface area contributed by atoms with Crippen molar-refractivity contribution in [2.24, 2.45) is 0 Å². The molecule has 2 amide bonds. The zero-order valence-electron chi connectivity index (χ0n) is 9.38. The minimum absolute atomic E-state index is 0.179. The Bertz CT molecular complexity index is 483. The quantitative estimate of drug-likeness (QED) is 0.720. The molecule has 5 nitrogen and oxygen atoms in total. The van der Waals surface area contributed by atoms with E-state index < -0.39 is 24.5 Å². The molecule has 2 rings (SSSR count). The smallest absolute Gasteiger partial charge is 0.261 e. The molecule has 0 fully saturated rings. The topological polar surface area (TPSA) is 77.8 Å². The minimum atomic E-state index is -1.10. The zero-order chi connectivity index (χ0) is 12.6. The van der Waals surface area contributed by atoms with Gasteiger partial charge in [0.2, 0.25) is 0 Å². The standard InChI is InChI=1S/C12H13NO4/c1-7-2-3-9-10(4-7)12(17)13(11(9)16)5-8(15)6-14/h2-4,8,14-15H,5-6H2,1H3. The van der Waals surface area contributed by atoms with Gasteiger partial charge in [0.05, 0.1) is 30.4 Å². The van der Waals surface area contributed by atoms with Crippen molar-refractivity contribution in [3.8, 4) is 0 Å². The van der Waals surface area contributed by atoms with Crippen molar-refractivity contribution < 1.29 is 19.8 Å². The fourth-order valence-electron chi connectivity index (χ4n) is 1.84. The molecule has 1 atom stereocenters. The lowest BCUT2D eigenvalue weighted by Gasteiger charge is -2.16. The highest BCUT2D eigenvalue weighted by molar-refractivity contribution is 6.21. The highest BCUT2D eigenvalue weighted by atomic mass is 16.3. The lowest BCUT2D eigenvalue weighted by molar-refractivity contribution is 0.0426. The molecule has 1 aliphatic heterocycles. The van der Waals surface area contributed by atoms with Gasteiger partial charge in [0.15, 0.2) is 0 Å². The molecule has 0 saturated heterocycles. The third-order valence-electron chi connectivity index (χ3n) is 2.73. The number of aliphatic hydroxyl groups is 2. The van der Waals surface area contributed by atoms with E-state index >= 15 is 0 Å². The Morgan fingerprint density at radius 1 is 1.24 bits per heavy atom. The molecule has 1 aromatic carbocycles. The van der Waals surface area contributed by atoms with Gasteiger partial charge in [0.25, 0.3) is 11.8 Å². The number of benzene rings is 1. The van der Waals surface area contributed by atoms with Crippen LogP contribution in [0.2, 0.25) is 0 Å². The summed E-state index contributed by atoms with van der Waals surface area (Å²) in [6, 6.07) is 5.02. The maximum atomic E-state index is 11.9. The SMILES string of the molecule is Cc1ccc2c(c1)C(=O)N(CC(O)CO)C2=O. The highest BCUT2D eigenvalue weighted by Crippen LogP contribution is 2.23. The number of amides is 2. The van der Waals surface area contributed by atoms with E-state index in [1.165, 1.54) is 0 Å². The molecule has 1 aliphatic rings. The summed E-state index contributed by atoms with van der Waals surface area (Å²) >= 11 is 0. The minimum Gasteiger partial charge on any atom is -0.394 e. The van der Waals surface area contributed by atoms with Crippen LogP contribution in [0.15, 0.2) is 18.2 Å². The predicted octanol–water partition coefficient (Wildman–Crippen LogP) is -0.0558. The van der Waals surface area contributed by atoms with Crippen molar-refractivity contribution in [1.82, 2.24) is 4.90 Å². The second-order valence-corrected chi connectivity index (χ2v) is 4.11. The van der Waals surface area contributed by atoms with E-state index in [2.05, 4.69) is 0 Å². The van der Waals surface area contributed by atoms with Gasteiger partial charge in [-0.15, -0.1) is 0 Å². The lowest BCUT2D eigenvalue weighted by atomic mass is 10.1. The van der Waals surface area contributed by atoms with Gasteiger partial charge in [-0.05, 0) is 19.1 Å². The molecular formula is C12H13NO4. The first-order chi connectivity index (χ1) is 8.04. The molecule has 2 N–H and O–H groups in total. The maximum Gasteiger partial charge on any atom is 0.261 e. The molecule has 17 heavy (non-hydrogen) atoms. The number of carbonyl (C=O) groups excluding carboxylic acids is 2. The van der Waals surface area contributed by atoms with Crippen molar-refractivity contribution in [1.29, 1.82) is 0 Å². The maximum absolute atomic E-state index is 11.9. The molecule has 5 heteroatoms. The Kier molecular flexibility index (Phi) is 2.95. The summed E-state index contributed by atoms with van der Waals surface area (Å²) in [6.07, 6.45) is -1.10. The largest absolute Gasteiger partial charge is 0.394 e. The van der Waals surface area contributed by atoms with Crippen molar-refractivity contribution in [3.05, 3.63) is 34.9 Å². The second-order valence-electron chi connectivity index (χ2n) is 4.11. The van der Waals surface area contributed by atoms with Crippen molar-refractivity contribution in [3.63, 3.8) is 0 Å². The van der Waals surface area contributed by atoms with E-state index in [1.807, 2.05) is 6.92 Å². The first kappa shape index (κ1) is 11.8. The molecular weight excluding hydrogens is 222 g/mol. The van der Waals surface area contributed by atoms with E-state index in [-0.39, 0.29) is 6.54 Å². The van der Waals surface area contributed by atoms with Crippen LogP contribution in [-0.2, 0) is 0 Å². The second kappa shape index (κ2) is 4.27. The van der Waals surface area contributed by atoms with Crippen LogP contribution in [0.1, 0.15) is 26.3 Å². The fraction of sp³-hybridized carbons (Fsp3) is 0.333. The fourth-order valence-corrected chi connectivity index (χ4v) is 1.84. The van der Waals surface area contributed by atoms with Crippen LogP contribution in [-0.4, -0.2) is 46.2 Å². The summed E-state index contributed by atoms with van der Waals surface area (Å²) in [5.74, 6) is -0.835. The normalized spacial score (nSPS) is 16.3. The van der Waals surface area contributed by atoms with Crippen molar-refractivity contribution in [2.75, 3.05) is 13.2 Å². The van der Waals surface area contributed by atoms with E-state index in [9.17, 15) is 14.7 Å². The molecule has 0 radical (unpaired) electrons. The van der Waals surface area contributed by atoms with Gasteiger partial charge in [-0.3, -0.25) is 14.5 Å². The molecule has 0 aliphatic carbocycles. The van der Waals surface area contributed by atoms with Gasteiger partial charge < -0.3 is 10.2 Å². The monoisotopic (exact) mass is 235 g/mol. The third kappa shape index (κ3) is 1.94. The van der Waals surface area contributed by atoms with Crippen LogP contribution < -0.4 is 0 Å². The number of hydrogen-bond donors (Lipinski definition) is 2. The number of aliphatic hydroxyl groups excluding tert-OH is 2. The zero-order valence-corrected chi connectivity index (χ0v) is 9.38. The first-order valence-corrected chi connectivity index (χ1v) is 5.30. The van der Waals surface area contributed by atoms with Gasteiger partial charge in [-0.25, -0.2) is 0 Å². The summed E-state index contributed by atoms with van der Waals surface area (Å²) in [7, 11) is 0. The van der Waals surface area contributed by atoms with Crippen LogP contribution in [0.3, 0.4) is 0 Å². The summed E-state index contributed by atoms with van der Waals surface area (Å²) in [4.78, 5) is 24.8. The molecule has 0 saturated carbocycles. The Hall–Kier alpha value is -1.72. The number of fused-ring (bicyclic) bond motifs is 1. The Labute approximate surface area is 98.3 Å². The van der Waals surface area contributed by atoms with Crippen LogP contribution in [0, 0.1) is 6.92 Å². The van der Waals surface area contributed by atoms with E-state index in [4.69, 9.17) is 5.11 Å². The number of hydrogen-bond acceptors (Lipinski definition) is 4.